The van der Waals surface area contributed by atoms with E-state index in [1.807, 2.05) is 0 Å². The first-order valence-electron chi connectivity index (χ1n) is 5.81. The van der Waals surface area contributed by atoms with Crippen LogP contribution in [0.5, 0.6) is 5.75 Å². The van der Waals surface area contributed by atoms with E-state index in [1.165, 1.54) is 22.8 Å². The molecule has 0 fully saturated rings. The van der Waals surface area contributed by atoms with E-state index in [0.29, 0.717) is 15.9 Å². The quantitative estimate of drug-likeness (QED) is 0.719. The van der Waals surface area contributed by atoms with Crippen LogP contribution in [0, 0.1) is 0 Å². The molecule has 1 aromatic heterocycles. The van der Waals surface area contributed by atoms with Crippen LogP contribution in [0.3, 0.4) is 0 Å². The predicted molar refractivity (Wildman–Crippen MR) is 76.8 cm³/mol. The number of aromatic nitrogens is 2. The molecular formula is C14H9ClN2O3. The maximum atomic E-state index is 12.1. The Hall–Kier alpha value is -2.53. The van der Waals surface area contributed by atoms with Crippen molar-refractivity contribution in [3.05, 3.63) is 68.3 Å². The predicted octanol–water partition coefficient (Wildman–Crippen LogP) is 2.04. The molecule has 100 valence electrons. The number of halogens is 1. The van der Waals surface area contributed by atoms with Gasteiger partial charge in [-0.05, 0) is 30.3 Å². The van der Waals surface area contributed by atoms with Crippen molar-refractivity contribution in [3.63, 3.8) is 0 Å². The van der Waals surface area contributed by atoms with E-state index in [1.54, 1.807) is 24.3 Å². The third-order valence-electron chi connectivity index (χ3n) is 2.99. The molecule has 0 unspecified atom stereocenters. The number of para-hydroxylation sites is 1. The summed E-state index contributed by atoms with van der Waals surface area (Å²) in [6, 6.07) is 11.0. The van der Waals surface area contributed by atoms with E-state index in [9.17, 15) is 14.7 Å². The Bertz CT molecular complexity index is 928. The van der Waals surface area contributed by atoms with Crippen molar-refractivity contribution < 1.29 is 5.11 Å². The van der Waals surface area contributed by atoms with E-state index >= 15 is 0 Å². The van der Waals surface area contributed by atoms with E-state index in [0.717, 1.165) is 0 Å². The van der Waals surface area contributed by atoms with Crippen LogP contribution >= 0.6 is 11.6 Å². The minimum absolute atomic E-state index is 0.103. The number of aromatic hydroxyl groups is 1. The zero-order valence-electron chi connectivity index (χ0n) is 10.1. The van der Waals surface area contributed by atoms with Gasteiger partial charge in [0.2, 0.25) is 0 Å². The Morgan fingerprint density at radius 1 is 1.10 bits per heavy atom. The molecule has 0 bridgehead atoms. The Morgan fingerprint density at radius 2 is 1.85 bits per heavy atom. The number of hydrogen-bond acceptors (Lipinski definition) is 3. The standard InChI is InChI=1S/C14H9ClN2O3/c15-8-5-6-12(18)11(7-8)17-10-4-2-1-3-9(10)13(19)16-14(17)20/h1-7,18H,(H,16,19,20). The summed E-state index contributed by atoms with van der Waals surface area (Å²) in [6.45, 7) is 0. The van der Waals surface area contributed by atoms with Crippen molar-refractivity contribution in [2.75, 3.05) is 0 Å². The summed E-state index contributed by atoms with van der Waals surface area (Å²) in [7, 11) is 0. The van der Waals surface area contributed by atoms with Crippen LogP contribution in [-0.2, 0) is 0 Å². The SMILES string of the molecule is O=c1[nH]c(=O)n(-c2cc(Cl)ccc2O)c2ccccc12. The van der Waals surface area contributed by atoms with E-state index in [2.05, 4.69) is 4.98 Å². The number of phenolic OH excluding ortho intramolecular Hbond substituents is 1. The molecule has 0 saturated heterocycles. The molecule has 0 saturated carbocycles. The number of nitrogens with one attached hydrogen (secondary N) is 1. The van der Waals surface area contributed by atoms with E-state index < -0.39 is 11.2 Å². The second kappa shape index (κ2) is 4.54. The second-order valence-electron chi connectivity index (χ2n) is 4.24. The first-order chi connectivity index (χ1) is 9.58. The largest absolute Gasteiger partial charge is 0.506 e. The Balaban J connectivity index is 2.51. The van der Waals surface area contributed by atoms with Gasteiger partial charge in [0, 0.05) is 5.02 Å². The van der Waals surface area contributed by atoms with Gasteiger partial charge in [0.1, 0.15) is 5.75 Å². The first-order valence-corrected chi connectivity index (χ1v) is 6.19. The average Bonchev–Trinajstić information content (AvgIpc) is 2.43. The summed E-state index contributed by atoms with van der Waals surface area (Å²) < 4.78 is 1.22. The van der Waals surface area contributed by atoms with Crippen LogP contribution in [0.15, 0.2) is 52.1 Å². The van der Waals surface area contributed by atoms with Crippen LogP contribution in [0.1, 0.15) is 0 Å². The number of aromatic amines is 1. The molecule has 0 aliphatic heterocycles. The maximum absolute atomic E-state index is 12.1. The molecule has 3 aromatic rings. The van der Waals surface area contributed by atoms with Gasteiger partial charge in [0.25, 0.3) is 5.56 Å². The number of benzene rings is 2. The third-order valence-corrected chi connectivity index (χ3v) is 3.23. The molecule has 1 heterocycles. The zero-order valence-corrected chi connectivity index (χ0v) is 10.9. The molecule has 5 nitrogen and oxygen atoms in total. The van der Waals surface area contributed by atoms with Gasteiger partial charge in [-0.1, -0.05) is 23.7 Å². The Kier molecular flexibility index (Phi) is 2.84. The molecule has 2 aromatic carbocycles. The molecule has 2 N–H and O–H groups in total. The van der Waals surface area contributed by atoms with Gasteiger partial charge < -0.3 is 5.11 Å². The summed E-state index contributed by atoms with van der Waals surface area (Å²) >= 11 is 5.90. The van der Waals surface area contributed by atoms with E-state index in [-0.39, 0.29) is 11.4 Å². The number of nitrogens with zero attached hydrogens (tertiary/aromatic N) is 1. The molecule has 6 heteroatoms. The maximum Gasteiger partial charge on any atom is 0.333 e. The minimum Gasteiger partial charge on any atom is -0.506 e. The van der Waals surface area contributed by atoms with Crippen LogP contribution in [0.2, 0.25) is 5.02 Å². The topological polar surface area (TPSA) is 75.1 Å². The minimum atomic E-state index is -0.633. The van der Waals surface area contributed by atoms with Crippen LogP contribution in [-0.4, -0.2) is 14.7 Å². The second-order valence-corrected chi connectivity index (χ2v) is 4.68. The summed E-state index contributed by atoms with van der Waals surface area (Å²) in [5.41, 5.74) is -0.483. The molecule has 20 heavy (non-hydrogen) atoms. The monoisotopic (exact) mass is 288 g/mol. The molecule has 0 radical (unpaired) electrons. The van der Waals surface area contributed by atoms with Crippen LogP contribution < -0.4 is 11.2 Å². The Labute approximate surface area is 117 Å². The van der Waals surface area contributed by atoms with E-state index in [4.69, 9.17) is 11.6 Å². The normalized spacial score (nSPS) is 10.8. The lowest BCUT2D eigenvalue weighted by Crippen LogP contribution is -2.29. The fourth-order valence-corrected chi connectivity index (χ4v) is 2.27. The summed E-state index contributed by atoms with van der Waals surface area (Å²) in [5, 5.41) is 10.7. The average molecular weight is 289 g/mol. The highest BCUT2D eigenvalue weighted by Gasteiger charge is 2.12. The van der Waals surface area contributed by atoms with Crippen molar-refractivity contribution in [1.82, 2.24) is 9.55 Å². The fourth-order valence-electron chi connectivity index (χ4n) is 2.11. The van der Waals surface area contributed by atoms with Gasteiger partial charge in [0.15, 0.2) is 0 Å². The summed E-state index contributed by atoms with van der Waals surface area (Å²) in [5.74, 6) is -0.103. The van der Waals surface area contributed by atoms with Gasteiger partial charge in [-0.3, -0.25) is 14.3 Å². The lowest BCUT2D eigenvalue weighted by Gasteiger charge is -2.11. The summed E-state index contributed by atoms with van der Waals surface area (Å²) in [6.07, 6.45) is 0. The van der Waals surface area contributed by atoms with Gasteiger partial charge in [-0.2, -0.15) is 0 Å². The highest BCUT2D eigenvalue weighted by Crippen LogP contribution is 2.26. The van der Waals surface area contributed by atoms with Crippen molar-refractivity contribution in [1.29, 1.82) is 0 Å². The third kappa shape index (κ3) is 1.88. The summed E-state index contributed by atoms with van der Waals surface area (Å²) in [4.78, 5) is 26.1. The number of H-pyrrole nitrogens is 1. The first kappa shape index (κ1) is 12.5. The van der Waals surface area contributed by atoms with Gasteiger partial charge in [-0.15, -0.1) is 0 Å². The van der Waals surface area contributed by atoms with Crippen molar-refractivity contribution in [2.24, 2.45) is 0 Å². The smallest absolute Gasteiger partial charge is 0.333 e. The van der Waals surface area contributed by atoms with Gasteiger partial charge in [0.05, 0.1) is 16.6 Å². The van der Waals surface area contributed by atoms with Crippen molar-refractivity contribution in [3.8, 4) is 11.4 Å². The fraction of sp³-hybridized carbons (Fsp3) is 0. The molecule has 0 atom stereocenters. The van der Waals surface area contributed by atoms with Gasteiger partial charge in [-0.25, -0.2) is 4.79 Å². The molecule has 3 rings (SSSR count). The lowest BCUT2D eigenvalue weighted by atomic mass is 10.2. The highest BCUT2D eigenvalue weighted by atomic mass is 35.5. The molecule has 0 amide bonds. The number of hydrogen-bond donors (Lipinski definition) is 2. The van der Waals surface area contributed by atoms with Gasteiger partial charge >= 0.3 is 5.69 Å². The molecule has 0 aliphatic carbocycles. The van der Waals surface area contributed by atoms with Crippen LogP contribution in [0.4, 0.5) is 0 Å². The Morgan fingerprint density at radius 3 is 2.65 bits per heavy atom. The highest BCUT2D eigenvalue weighted by molar-refractivity contribution is 6.30. The number of fused-ring (bicyclic) bond motifs is 1. The molecule has 0 aliphatic rings. The zero-order chi connectivity index (χ0) is 14.3. The van der Waals surface area contributed by atoms with Crippen LogP contribution in [0.25, 0.3) is 16.6 Å². The lowest BCUT2D eigenvalue weighted by molar-refractivity contribution is 0.472. The van der Waals surface area contributed by atoms with Crippen molar-refractivity contribution >= 4 is 22.5 Å². The number of rotatable bonds is 1. The molecular weight excluding hydrogens is 280 g/mol. The van der Waals surface area contributed by atoms with Crippen molar-refractivity contribution in [2.45, 2.75) is 0 Å². The molecule has 0 spiro atoms. The number of phenols is 1.